The van der Waals surface area contributed by atoms with E-state index in [-0.39, 0.29) is 0 Å². The summed E-state index contributed by atoms with van der Waals surface area (Å²) < 4.78 is 0. The normalized spacial score (nSPS) is 25.6. The first-order valence-corrected chi connectivity index (χ1v) is 8.90. The van der Waals surface area contributed by atoms with E-state index in [0.29, 0.717) is 17.4 Å². The van der Waals surface area contributed by atoms with Gasteiger partial charge in [0, 0.05) is 23.5 Å². The molecule has 0 saturated carbocycles. The highest BCUT2D eigenvalue weighted by Crippen LogP contribution is 2.34. The lowest BCUT2D eigenvalue weighted by atomic mass is 10.1. The van der Waals surface area contributed by atoms with Gasteiger partial charge in [-0.1, -0.05) is 6.92 Å². The van der Waals surface area contributed by atoms with Gasteiger partial charge in [-0.25, -0.2) is 9.97 Å². The van der Waals surface area contributed by atoms with Crippen molar-refractivity contribution >= 4 is 39.0 Å². The zero-order chi connectivity index (χ0) is 14.4. The molecular formula is C15H19ClN4S. The highest BCUT2D eigenvalue weighted by molar-refractivity contribution is 7.18. The maximum absolute atomic E-state index is 6.11. The fourth-order valence-corrected chi connectivity index (χ4v) is 4.84. The van der Waals surface area contributed by atoms with E-state index >= 15 is 0 Å². The molecule has 0 amide bonds. The number of fused-ring (bicyclic) bond motifs is 2. The molecule has 4 nitrogen and oxygen atoms in total. The second kappa shape index (κ2) is 5.38. The fraction of sp³-hybridized carbons (Fsp3) is 0.600. The summed E-state index contributed by atoms with van der Waals surface area (Å²) in [6.45, 7) is 4.62. The molecule has 112 valence electrons. The zero-order valence-electron chi connectivity index (χ0n) is 12.1. The van der Waals surface area contributed by atoms with Crippen LogP contribution in [-0.2, 0) is 6.42 Å². The third-order valence-electron chi connectivity index (χ3n) is 4.69. The van der Waals surface area contributed by atoms with Crippen molar-refractivity contribution in [2.45, 2.75) is 44.7 Å². The maximum Gasteiger partial charge on any atom is 0.225 e. The van der Waals surface area contributed by atoms with Gasteiger partial charge in [0.05, 0.1) is 5.39 Å². The van der Waals surface area contributed by atoms with Crippen LogP contribution >= 0.6 is 22.9 Å². The minimum Gasteiger partial charge on any atom is -0.365 e. The first-order valence-electron chi connectivity index (χ1n) is 7.71. The maximum atomic E-state index is 6.11. The van der Waals surface area contributed by atoms with Gasteiger partial charge in [0.2, 0.25) is 5.28 Å². The highest BCUT2D eigenvalue weighted by atomic mass is 35.5. The van der Waals surface area contributed by atoms with Crippen LogP contribution in [0.15, 0.2) is 6.07 Å². The van der Waals surface area contributed by atoms with E-state index in [4.69, 9.17) is 11.6 Å². The van der Waals surface area contributed by atoms with Gasteiger partial charge in [0.15, 0.2) is 0 Å². The molecule has 1 N–H and O–H groups in total. The smallest absolute Gasteiger partial charge is 0.225 e. The molecule has 2 atom stereocenters. The van der Waals surface area contributed by atoms with Crippen LogP contribution in [0.25, 0.3) is 10.2 Å². The summed E-state index contributed by atoms with van der Waals surface area (Å²) in [4.78, 5) is 13.8. The molecule has 2 fully saturated rings. The van der Waals surface area contributed by atoms with Crippen molar-refractivity contribution in [2.24, 2.45) is 0 Å². The summed E-state index contributed by atoms with van der Waals surface area (Å²) in [6, 6.07) is 3.37. The Bertz CT molecular complexity index is 671. The van der Waals surface area contributed by atoms with Gasteiger partial charge in [0.25, 0.3) is 0 Å². The fourth-order valence-electron chi connectivity index (χ4n) is 3.66. The van der Waals surface area contributed by atoms with Crippen LogP contribution in [0, 0.1) is 0 Å². The van der Waals surface area contributed by atoms with Gasteiger partial charge in [-0.15, -0.1) is 11.3 Å². The number of halogens is 1. The monoisotopic (exact) mass is 322 g/mol. The molecule has 0 bridgehead atoms. The summed E-state index contributed by atoms with van der Waals surface area (Å²) in [5.41, 5.74) is 0. The van der Waals surface area contributed by atoms with E-state index in [0.717, 1.165) is 22.5 Å². The number of thiophene rings is 1. The van der Waals surface area contributed by atoms with Crippen LogP contribution in [0.1, 0.15) is 31.1 Å². The van der Waals surface area contributed by atoms with Crippen molar-refractivity contribution < 1.29 is 0 Å². The largest absolute Gasteiger partial charge is 0.365 e. The second-order valence-corrected chi connectivity index (χ2v) is 7.36. The molecule has 0 spiro atoms. The molecule has 0 aromatic carbocycles. The Morgan fingerprint density at radius 2 is 2.29 bits per heavy atom. The summed E-state index contributed by atoms with van der Waals surface area (Å²) >= 11 is 7.82. The first kappa shape index (κ1) is 13.7. The molecule has 4 heterocycles. The molecule has 6 heteroatoms. The third kappa shape index (κ3) is 2.41. The van der Waals surface area contributed by atoms with Crippen molar-refractivity contribution in [1.29, 1.82) is 0 Å². The van der Waals surface area contributed by atoms with Crippen molar-refractivity contribution in [3.05, 3.63) is 16.2 Å². The molecule has 4 rings (SSSR count). The van der Waals surface area contributed by atoms with Crippen LogP contribution < -0.4 is 5.32 Å². The molecule has 2 aliphatic rings. The van der Waals surface area contributed by atoms with Crippen molar-refractivity contribution in [1.82, 2.24) is 14.9 Å². The zero-order valence-corrected chi connectivity index (χ0v) is 13.7. The summed E-state index contributed by atoms with van der Waals surface area (Å²) in [5.74, 6) is 0.916. The summed E-state index contributed by atoms with van der Waals surface area (Å²) in [5, 5.41) is 5.13. The molecule has 2 aromatic rings. The Hall–Kier alpha value is -0.910. The van der Waals surface area contributed by atoms with Crippen LogP contribution in [0.2, 0.25) is 5.28 Å². The predicted octanol–water partition coefficient (Wildman–Crippen LogP) is 3.56. The van der Waals surface area contributed by atoms with Crippen LogP contribution in [0.4, 0.5) is 5.82 Å². The van der Waals surface area contributed by atoms with Crippen LogP contribution in [0.5, 0.6) is 0 Å². The molecule has 0 aliphatic carbocycles. The summed E-state index contributed by atoms with van der Waals surface area (Å²) in [6.07, 6.45) is 4.83. The Labute approximate surface area is 133 Å². The lowest BCUT2D eigenvalue weighted by molar-refractivity contribution is 0.318. The Morgan fingerprint density at radius 1 is 1.38 bits per heavy atom. The molecule has 0 radical (unpaired) electrons. The van der Waals surface area contributed by atoms with Gasteiger partial charge in [-0.2, -0.15) is 0 Å². The SMILES string of the molecule is CCc1cc2c(NC3CCN4CCCC34)nc(Cl)nc2s1. The van der Waals surface area contributed by atoms with E-state index in [9.17, 15) is 0 Å². The van der Waals surface area contributed by atoms with E-state index < -0.39 is 0 Å². The molecular weight excluding hydrogens is 304 g/mol. The van der Waals surface area contributed by atoms with Gasteiger partial charge in [-0.05, 0) is 49.9 Å². The minimum absolute atomic E-state index is 0.343. The lowest BCUT2D eigenvalue weighted by Gasteiger charge is -2.22. The molecule has 21 heavy (non-hydrogen) atoms. The van der Waals surface area contributed by atoms with Gasteiger partial charge in [-0.3, -0.25) is 4.90 Å². The number of hydrogen-bond acceptors (Lipinski definition) is 5. The standard InChI is InChI=1S/C15H19ClN4S/c1-2-9-8-10-13(18-15(16)19-14(10)21-9)17-11-5-7-20-6-3-4-12(11)20/h8,11-12H,2-7H2,1H3,(H,17,18,19). The van der Waals surface area contributed by atoms with Crippen molar-refractivity contribution in [2.75, 3.05) is 18.4 Å². The summed E-state index contributed by atoms with van der Waals surface area (Å²) in [7, 11) is 0. The van der Waals surface area contributed by atoms with Crippen molar-refractivity contribution in [3.8, 4) is 0 Å². The Balaban J connectivity index is 1.67. The number of rotatable bonds is 3. The molecule has 2 saturated heterocycles. The number of nitrogens with one attached hydrogen (secondary N) is 1. The minimum atomic E-state index is 0.343. The Kier molecular flexibility index (Phi) is 3.52. The average Bonchev–Trinajstić information content (AvgIpc) is 3.14. The van der Waals surface area contributed by atoms with Gasteiger partial charge < -0.3 is 5.32 Å². The highest BCUT2D eigenvalue weighted by Gasteiger charge is 2.37. The second-order valence-electron chi connectivity index (χ2n) is 5.91. The topological polar surface area (TPSA) is 41.0 Å². The van der Waals surface area contributed by atoms with E-state index in [1.807, 2.05) is 0 Å². The average molecular weight is 323 g/mol. The van der Waals surface area contributed by atoms with Crippen molar-refractivity contribution in [3.63, 3.8) is 0 Å². The predicted molar refractivity (Wildman–Crippen MR) is 88.4 cm³/mol. The van der Waals surface area contributed by atoms with E-state index in [1.54, 1.807) is 11.3 Å². The van der Waals surface area contributed by atoms with E-state index in [2.05, 4.69) is 33.2 Å². The Morgan fingerprint density at radius 3 is 3.14 bits per heavy atom. The quantitative estimate of drug-likeness (QED) is 0.877. The molecule has 2 aliphatic heterocycles. The number of aryl methyl sites for hydroxylation is 1. The van der Waals surface area contributed by atoms with Gasteiger partial charge in [0.1, 0.15) is 10.6 Å². The van der Waals surface area contributed by atoms with E-state index in [1.165, 1.54) is 37.2 Å². The number of anilines is 1. The number of hydrogen-bond donors (Lipinski definition) is 1. The third-order valence-corrected chi connectivity index (χ3v) is 6.04. The number of nitrogens with zero attached hydrogens (tertiary/aromatic N) is 3. The van der Waals surface area contributed by atoms with Crippen LogP contribution in [-0.4, -0.2) is 40.0 Å². The first-order chi connectivity index (χ1) is 10.2. The molecule has 2 unspecified atom stereocenters. The molecule has 2 aromatic heterocycles. The lowest BCUT2D eigenvalue weighted by Crippen LogP contribution is -2.34. The number of aromatic nitrogens is 2. The van der Waals surface area contributed by atoms with Gasteiger partial charge >= 0.3 is 0 Å². The van der Waals surface area contributed by atoms with Crippen LogP contribution in [0.3, 0.4) is 0 Å².